The lowest BCUT2D eigenvalue weighted by Gasteiger charge is -2.38. The summed E-state index contributed by atoms with van der Waals surface area (Å²) < 4.78 is 45.2. The lowest BCUT2D eigenvalue weighted by molar-refractivity contribution is -0.138. The number of hydrogen-bond donors (Lipinski definition) is 1. The molecule has 1 saturated heterocycles. The number of nitrogens with zero attached hydrogens (tertiary/aromatic N) is 2. The number of aromatic nitrogens is 1. The predicted octanol–water partition coefficient (Wildman–Crippen LogP) is 4.24. The molecule has 1 aliphatic carbocycles. The molecule has 5 nitrogen and oxygen atoms in total. The van der Waals surface area contributed by atoms with Crippen molar-refractivity contribution in [2.75, 3.05) is 19.8 Å². The molecule has 2 aromatic rings. The summed E-state index contributed by atoms with van der Waals surface area (Å²) >= 11 is 0. The topological polar surface area (TPSA) is 54.5 Å². The number of carbonyl (C=O) groups is 1. The minimum atomic E-state index is -4.45. The van der Waals surface area contributed by atoms with Gasteiger partial charge in [-0.15, -0.1) is 0 Å². The van der Waals surface area contributed by atoms with Crippen LogP contribution < -0.4 is 5.32 Å². The van der Waals surface area contributed by atoms with Gasteiger partial charge >= 0.3 is 6.18 Å². The SMILES string of the molecule is O=C(N1CCc2ncc(C(F)(F)F)cc2C1)[C@@]1(c2ccccc2)CC[C@@H](NC2CCOCC2)C1. The summed E-state index contributed by atoms with van der Waals surface area (Å²) in [5, 5.41) is 3.75. The Kier molecular flexibility index (Phi) is 6.37. The van der Waals surface area contributed by atoms with Crippen molar-refractivity contribution in [2.24, 2.45) is 0 Å². The monoisotopic (exact) mass is 473 g/mol. The Labute approximate surface area is 197 Å². The Hall–Kier alpha value is -2.45. The molecule has 1 amide bonds. The molecule has 2 fully saturated rings. The van der Waals surface area contributed by atoms with E-state index in [0.29, 0.717) is 36.7 Å². The van der Waals surface area contributed by atoms with E-state index in [1.54, 1.807) is 4.90 Å². The summed E-state index contributed by atoms with van der Waals surface area (Å²) in [7, 11) is 0. The van der Waals surface area contributed by atoms with E-state index in [4.69, 9.17) is 4.74 Å². The largest absolute Gasteiger partial charge is 0.417 e. The van der Waals surface area contributed by atoms with E-state index in [9.17, 15) is 18.0 Å². The van der Waals surface area contributed by atoms with E-state index in [0.717, 1.165) is 56.7 Å². The van der Waals surface area contributed by atoms with E-state index in [2.05, 4.69) is 10.3 Å². The third-order valence-electron chi connectivity index (χ3n) is 7.60. The van der Waals surface area contributed by atoms with E-state index in [-0.39, 0.29) is 18.5 Å². The van der Waals surface area contributed by atoms with Crippen molar-refractivity contribution in [1.82, 2.24) is 15.2 Å². The molecule has 1 saturated carbocycles. The Morgan fingerprint density at radius 2 is 1.88 bits per heavy atom. The molecule has 0 unspecified atom stereocenters. The minimum Gasteiger partial charge on any atom is -0.381 e. The van der Waals surface area contributed by atoms with Crippen LogP contribution >= 0.6 is 0 Å². The number of carbonyl (C=O) groups excluding carboxylic acids is 1. The first-order valence-electron chi connectivity index (χ1n) is 12.1. The average molecular weight is 474 g/mol. The number of amides is 1. The van der Waals surface area contributed by atoms with Gasteiger partial charge in [-0.3, -0.25) is 9.78 Å². The van der Waals surface area contributed by atoms with Crippen molar-refractivity contribution in [2.45, 2.75) is 68.7 Å². The molecule has 0 bridgehead atoms. The Balaban J connectivity index is 1.39. The molecule has 1 N–H and O–H groups in total. The highest BCUT2D eigenvalue weighted by Gasteiger charge is 2.49. The highest BCUT2D eigenvalue weighted by Crippen LogP contribution is 2.44. The van der Waals surface area contributed by atoms with Gasteiger partial charge in [0.05, 0.1) is 11.0 Å². The van der Waals surface area contributed by atoms with Crippen LogP contribution in [0.2, 0.25) is 0 Å². The zero-order valence-corrected chi connectivity index (χ0v) is 19.1. The Bertz CT molecular complexity index is 1020. The summed E-state index contributed by atoms with van der Waals surface area (Å²) in [6.45, 7) is 2.15. The third kappa shape index (κ3) is 4.58. The zero-order chi connectivity index (χ0) is 23.8. The van der Waals surface area contributed by atoms with Crippen molar-refractivity contribution in [3.63, 3.8) is 0 Å². The van der Waals surface area contributed by atoms with E-state index < -0.39 is 17.2 Å². The molecule has 2 atom stereocenters. The molecule has 8 heteroatoms. The Morgan fingerprint density at radius 3 is 2.62 bits per heavy atom. The van der Waals surface area contributed by atoms with Crippen LogP contribution in [0.4, 0.5) is 13.2 Å². The molecule has 1 aromatic carbocycles. The number of fused-ring (bicyclic) bond motifs is 1. The number of ether oxygens (including phenoxy) is 1. The second kappa shape index (κ2) is 9.30. The summed E-state index contributed by atoms with van der Waals surface area (Å²) in [5.41, 5.74) is 0.699. The summed E-state index contributed by atoms with van der Waals surface area (Å²) in [5.74, 6) is 0.0121. The first-order chi connectivity index (χ1) is 16.3. The van der Waals surface area contributed by atoms with Gasteiger partial charge in [-0.1, -0.05) is 30.3 Å². The highest BCUT2D eigenvalue weighted by molar-refractivity contribution is 5.89. The summed E-state index contributed by atoms with van der Waals surface area (Å²) in [6, 6.07) is 11.6. The van der Waals surface area contributed by atoms with Crippen LogP contribution in [0.15, 0.2) is 42.6 Å². The van der Waals surface area contributed by atoms with Gasteiger partial charge in [0.2, 0.25) is 5.91 Å². The number of hydrogen-bond acceptors (Lipinski definition) is 4. The Morgan fingerprint density at radius 1 is 1.12 bits per heavy atom. The number of benzene rings is 1. The van der Waals surface area contributed by atoms with Gasteiger partial charge in [-0.05, 0) is 49.3 Å². The smallest absolute Gasteiger partial charge is 0.381 e. The van der Waals surface area contributed by atoms with Crippen LogP contribution in [0.25, 0.3) is 0 Å². The average Bonchev–Trinajstić information content (AvgIpc) is 3.28. The normalized spacial score (nSPS) is 25.9. The number of alkyl halides is 3. The molecule has 34 heavy (non-hydrogen) atoms. The fourth-order valence-electron chi connectivity index (χ4n) is 5.78. The van der Waals surface area contributed by atoms with E-state index >= 15 is 0 Å². The summed E-state index contributed by atoms with van der Waals surface area (Å²) in [4.78, 5) is 19.9. The van der Waals surface area contributed by atoms with Gasteiger partial charge < -0.3 is 15.0 Å². The van der Waals surface area contributed by atoms with Gasteiger partial charge in [0.1, 0.15) is 0 Å². The van der Waals surface area contributed by atoms with Crippen molar-refractivity contribution in [1.29, 1.82) is 0 Å². The minimum absolute atomic E-state index is 0.0121. The van der Waals surface area contributed by atoms with Crippen LogP contribution in [-0.4, -0.2) is 47.6 Å². The number of rotatable bonds is 4. The molecule has 182 valence electrons. The predicted molar refractivity (Wildman–Crippen MR) is 121 cm³/mol. The molecular weight excluding hydrogens is 443 g/mol. The van der Waals surface area contributed by atoms with Crippen molar-refractivity contribution >= 4 is 5.91 Å². The molecule has 5 rings (SSSR count). The molecule has 2 aliphatic heterocycles. The second-order valence-electron chi connectivity index (χ2n) is 9.75. The number of pyridine rings is 1. The maximum atomic E-state index is 14.1. The molecule has 0 radical (unpaired) electrons. The van der Waals surface area contributed by atoms with Gasteiger partial charge in [0.25, 0.3) is 0 Å². The van der Waals surface area contributed by atoms with Crippen molar-refractivity contribution in [3.05, 3.63) is 65.0 Å². The molecule has 1 aromatic heterocycles. The van der Waals surface area contributed by atoms with E-state index in [1.807, 2.05) is 30.3 Å². The molecule has 0 spiro atoms. The van der Waals surface area contributed by atoms with Crippen LogP contribution in [0, 0.1) is 0 Å². The second-order valence-corrected chi connectivity index (χ2v) is 9.75. The molecule has 3 heterocycles. The van der Waals surface area contributed by atoms with Crippen LogP contribution in [0.5, 0.6) is 0 Å². The van der Waals surface area contributed by atoms with Crippen LogP contribution in [-0.2, 0) is 34.1 Å². The number of halogens is 3. The zero-order valence-electron chi connectivity index (χ0n) is 19.1. The van der Waals surface area contributed by atoms with Gasteiger partial charge in [-0.25, -0.2) is 0 Å². The first-order valence-corrected chi connectivity index (χ1v) is 12.1. The van der Waals surface area contributed by atoms with Crippen molar-refractivity contribution < 1.29 is 22.7 Å². The fourth-order valence-corrected chi connectivity index (χ4v) is 5.78. The van der Waals surface area contributed by atoms with Crippen LogP contribution in [0.1, 0.15) is 54.5 Å². The first kappa shape index (κ1) is 23.3. The van der Waals surface area contributed by atoms with Gasteiger partial charge in [-0.2, -0.15) is 13.2 Å². The summed E-state index contributed by atoms with van der Waals surface area (Å²) in [6.07, 6.45) is 1.16. The quantitative estimate of drug-likeness (QED) is 0.722. The maximum Gasteiger partial charge on any atom is 0.417 e. The highest BCUT2D eigenvalue weighted by atomic mass is 19.4. The standard InChI is InChI=1S/C26H30F3N3O2/c27-26(28,29)20-14-18-17-32(11-7-23(18)30-16-20)24(33)25(19-4-2-1-3-5-19)10-6-22(15-25)31-21-8-12-34-13-9-21/h1-5,14,16,21-22,31H,6-13,15,17H2/t22-,25+/m1/s1. The lowest BCUT2D eigenvalue weighted by Crippen LogP contribution is -2.49. The van der Waals surface area contributed by atoms with E-state index in [1.165, 1.54) is 0 Å². The third-order valence-corrected chi connectivity index (χ3v) is 7.60. The molecule has 3 aliphatic rings. The van der Waals surface area contributed by atoms with Gasteiger partial charge in [0.15, 0.2) is 0 Å². The molecular formula is C26H30F3N3O2. The van der Waals surface area contributed by atoms with Crippen LogP contribution in [0.3, 0.4) is 0 Å². The fraction of sp³-hybridized carbons (Fsp3) is 0.538. The van der Waals surface area contributed by atoms with Gasteiger partial charge in [0, 0.05) is 56.7 Å². The number of nitrogens with one attached hydrogen (secondary N) is 1. The lowest BCUT2D eigenvalue weighted by atomic mass is 9.77. The maximum absolute atomic E-state index is 14.1. The van der Waals surface area contributed by atoms with Crippen molar-refractivity contribution in [3.8, 4) is 0 Å².